The van der Waals surface area contributed by atoms with E-state index >= 15 is 0 Å². The van der Waals surface area contributed by atoms with Crippen LogP contribution in [0.25, 0.3) is 0 Å². The van der Waals surface area contributed by atoms with Gasteiger partial charge in [-0.3, -0.25) is 14.5 Å². The van der Waals surface area contributed by atoms with Gasteiger partial charge in [-0.25, -0.2) is 9.59 Å². The third-order valence-corrected chi connectivity index (χ3v) is 4.01. The van der Waals surface area contributed by atoms with Crippen LogP contribution in [-0.4, -0.2) is 42.4 Å². The Labute approximate surface area is 147 Å². The second-order valence-corrected chi connectivity index (χ2v) is 6.09. The molecule has 0 saturated carbocycles. The molecule has 0 N–H and O–H groups in total. The van der Waals surface area contributed by atoms with E-state index in [0.717, 1.165) is 4.90 Å². The topological polar surface area (TPSA) is 90.0 Å². The average Bonchev–Trinajstić information content (AvgIpc) is 2.78. The molecular formula is C16H16BrNO6. The smallest absolute Gasteiger partial charge is 0.347 e. The van der Waals surface area contributed by atoms with E-state index < -0.39 is 35.8 Å². The van der Waals surface area contributed by atoms with Crippen molar-refractivity contribution in [2.75, 3.05) is 11.5 Å². The molecule has 0 saturated heterocycles. The third kappa shape index (κ3) is 3.33. The lowest BCUT2D eigenvalue weighted by atomic mass is 10.1. The van der Waals surface area contributed by atoms with Crippen molar-refractivity contribution in [1.29, 1.82) is 0 Å². The number of halogens is 1. The number of Topliss-reactive ketones (excluding diaryl/α,β-unsaturated/α-hetero) is 1. The Balaban J connectivity index is 2.19. The van der Waals surface area contributed by atoms with Gasteiger partial charge in [0.1, 0.15) is 6.04 Å². The molecule has 0 aliphatic carbocycles. The Morgan fingerprint density at radius 1 is 1.21 bits per heavy atom. The zero-order valence-electron chi connectivity index (χ0n) is 13.4. The van der Waals surface area contributed by atoms with Gasteiger partial charge in [-0.15, -0.1) is 0 Å². The first kappa shape index (κ1) is 18.1. The highest BCUT2D eigenvalue weighted by atomic mass is 79.9. The number of ketones is 1. The molecule has 24 heavy (non-hydrogen) atoms. The van der Waals surface area contributed by atoms with E-state index in [1.165, 1.54) is 19.9 Å². The summed E-state index contributed by atoms with van der Waals surface area (Å²) in [5, 5.41) is 0. The number of benzene rings is 1. The number of hydrogen-bond donors (Lipinski definition) is 0. The van der Waals surface area contributed by atoms with E-state index in [4.69, 9.17) is 9.47 Å². The van der Waals surface area contributed by atoms with Gasteiger partial charge in [0, 0.05) is 4.47 Å². The quantitative estimate of drug-likeness (QED) is 0.556. The van der Waals surface area contributed by atoms with E-state index in [1.54, 1.807) is 19.1 Å². The van der Waals surface area contributed by atoms with Crippen molar-refractivity contribution in [2.45, 2.75) is 32.9 Å². The van der Waals surface area contributed by atoms with Gasteiger partial charge in [0.25, 0.3) is 11.7 Å². The van der Waals surface area contributed by atoms with Gasteiger partial charge in [-0.2, -0.15) is 0 Å². The summed E-state index contributed by atoms with van der Waals surface area (Å²) in [6.07, 6.45) is -1.10. The second kappa shape index (κ2) is 7.12. The van der Waals surface area contributed by atoms with Crippen LogP contribution in [0.2, 0.25) is 0 Å². The summed E-state index contributed by atoms with van der Waals surface area (Å²) in [7, 11) is 0. The molecule has 128 valence electrons. The number of carbonyl (C=O) groups is 4. The Morgan fingerprint density at radius 2 is 1.88 bits per heavy atom. The summed E-state index contributed by atoms with van der Waals surface area (Å²) in [6, 6.07) is 3.70. The van der Waals surface area contributed by atoms with Crippen LogP contribution in [0.5, 0.6) is 0 Å². The molecule has 2 rings (SSSR count). The molecule has 0 spiro atoms. The molecule has 7 nitrogen and oxygen atoms in total. The minimum absolute atomic E-state index is 0.164. The lowest BCUT2D eigenvalue weighted by Gasteiger charge is -2.24. The SMILES string of the molecule is CCOC(=O)C(C)OC(=O)C(C)N1C(=O)C(=O)c2cc(Br)ccc21. The summed E-state index contributed by atoms with van der Waals surface area (Å²) in [6.45, 7) is 4.61. The van der Waals surface area contributed by atoms with Gasteiger partial charge in [-0.1, -0.05) is 15.9 Å². The average molecular weight is 398 g/mol. The standard InChI is InChI=1S/C16H16BrNO6/c1-4-23-16(22)9(3)24-15(21)8(2)18-12-6-5-10(17)7-11(12)13(19)14(18)20/h5-9H,4H2,1-3H3. The number of amides is 1. The van der Waals surface area contributed by atoms with E-state index in [-0.39, 0.29) is 12.2 Å². The van der Waals surface area contributed by atoms with E-state index in [9.17, 15) is 19.2 Å². The maximum absolute atomic E-state index is 12.2. The minimum Gasteiger partial charge on any atom is -0.463 e. The molecule has 1 aromatic carbocycles. The van der Waals surface area contributed by atoms with Crippen molar-refractivity contribution < 1.29 is 28.7 Å². The molecule has 1 aromatic rings. The van der Waals surface area contributed by atoms with Crippen molar-refractivity contribution in [3.05, 3.63) is 28.2 Å². The van der Waals surface area contributed by atoms with Crippen LogP contribution in [-0.2, 0) is 23.9 Å². The van der Waals surface area contributed by atoms with Crippen LogP contribution in [0.15, 0.2) is 22.7 Å². The van der Waals surface area contributed by atoms with E-state index in [0.29, 0.717) is 10.2 Å². The molecule has 0 bridgehead atoms. The fourth-order valence-electron chi connectivity index (χ4n) is 2.30. The zero-order valence-corrected chi connectivity index (χ0v) is 15.0. The van der Waals surface area contributed by atoms with Crippen LogP contribution < -0.4 is 4.90 Å². The lowest BCUT2D eigenvalue weighted by Crippen LogP contribution is -2.45. The Morgan fingerprint density at radius 3 is 2.50 bits per heavy atom. The molecule has 1 aliphatic heterocycles. The molecule has 0 radical (unpaired) electrons. The Bertz CT molecular complexity index is 717. The summed E-state index contributed by atoms with van der Waals surface area (Å²) in [4.78, 5) is 49.1. The van der Waals surface area contributed by atoms with Gasteiger partial charge < -0.3 is 9.47 Å². The monoisotopic (exact) mass is 397 g/mol. The molecule has 2 unspecified atom stereocenters. The second-order valence-electron chi connectivity index (χ2n) is 5.17. The summed E-state index contributed by atoms with van der Waals surface area (Å²) < 4.78 is 10.4. The number of nitrogens with zero attached hydrogens (tertiary/aromatic N) is 1. The number of fused-ring (bicyclic) bond motifs is 1. The van der Waals surface area contributed by atoms with Gasteiger partial charge in [-0.05, 0) is 39.0 Å². The predicted octanol–water partition coefficient (Wildman–Crippen LogP) is 1.86. The Hall–Kier alpha value is -2.22. The van der Waals surface area contributed by atoms with Gasteiger partial charge in [0.05, 0.1) is 17.9 Å². The van der Waals surface area contributed by atoms with Crippen molar-refractivity contribution in [2.24, 2.45) is 0 Å². The molecule has 1 heterocycles. The highest BCUT2D eigenvalue weighted by molar-refractivity contribution is 9.10. The molecule has 8 heteroatoms. The summed E-state index contributed by atoms with van der Waals surface area (Å²) in [5.41, 5.74) is 0.550. The normalized spacial score (nSPS) is 15.8. The highest BCUT2D eigenvalue weighted by Gasteiger charge is 2.41. The lowest BCUT2D eigenvalue weighted by molar-refractivity contribution is -0.167. The van der Waals surface area contributed by atoms with Gasteiger partial charge >= 0.3 is 11.9 Å². The number of carbonyl (C=O) groups excluding carboxylic acids is 4. The predicted molar refractivity (Wildman–Crippen MR) is 87.6 cm³/mol. The van der Waals surface area contributed by atoms with Crippen molar-refractivity contribution in [1.82, 2.24) is 0 Å². The zero-order chi connectivity index (χ0) is 18.0. The van der Waals surface area contributed by atoms with Crippen LogP contribution >= 0.6 is 15.9 Å². The van der Waals surface area contributed by atoms with Gasteiger partial charge in [0.2, 0.25) is 0 Å². The number of esters is 2. The van der Waals surface area contributed by atoms with Crippen LogP contribution in [0.3, 0.4) is 0 Å². The van der Waals surface area contributed by atoms with E-state index in [2.05, 4.69) is 15.9 Å². The highest BCUT2D eigenvalue weighted by Crippen LogP contribution is 2.33. The van der Waals surface area contributed by atoms with Gasteiger partial charge in [0.15, 0.2) is 6.10 Å². The molecule has 2 atom stereocenters. The van der Waals surface area contributed by atoms with Crippen molar-refractivity contribution >= 4 is 45.2 Å². The molecule has 1 amide bonds. The van der Waals surface area contributed by atoms with Crippen LogP contribution in [0.4, 0.5) is 5.69 Å². The van der Waals surface area contributed by atoms with Crippen molar-refractivity contribution in [3.8, 4) is 0 Å². The summed E-state index contributed by atoms with van der Waals surface area (Å²) in [5.74, 6) is -2.97. The number of anilines is 1. The minimum atomic E-state index is -1.10. The van der Waals surface area contributed by atoms with Crippen LogP contribution in [0.1, 0.15) is 31.1 Å². The van der Waals surface area contributed by atoms with Crippen LogP contribution in [0, 0.1) is 0 Å². The number of ether oxygens (including phenoxy) is 2. The summed E-state index contributed by atoms with van der Waals surface area (Å²) >= 11 is 3.24. The number of rotatable bonds is 5. The third-order valence-electron chi connectivity index (χ3n) is 3.52. The molecular weight excluding hydrogens is 382 g/mol. The number of hydrogen-bond acceptors (Lipinski definition) is 6. The maximum atomic E-state index is 12.2. The first-order valence-electron chi connectivity index (χ1n) is 7.32. The molecule has 0 fully saturated rings. The van der Waals surface area contributed by atoms with Crippen molar-refractivity contribution in [3.63, 3.8) is 0 Å². The van der Waals surface area contributed by atoms with E-state index in [1.807, 2.05) is 0 Å². The largest absolute Gasteiger partial charge is 0.463 e. The first-order valence-corrected chi connectivity index (χ1v) is 8.11. The maximum Gasteiger partial charge on any atom is 0.347 e. The molecule has 0 aromatic heterocycles. The fourth-order valence-corrected chi connectivity index (χ4v) is 2.67. The molecule has 1 aliphatic rings. The Kier molecular flexibility index (Phi) is 5.38. The first-order chi connectivity index (χ1) is 11.3. The fraction of sp³-hybridized carbons (Fsp3) is 0.375.